The highest BCUT2D eigenvalue weighted by atomic mass is 16.1. The third-order valence-corrected chi connectivity index (χ3v) is 4.44. The van der Waals surface area contributed by atoms with Crippen molar-refractivity contribution in [3.05, 3.63) is 51.7 Å². The third-order valence-electron chi connectivity index (χ3n) is 4.44. The first kappa shape index (κ1) is 16.6. The lowest BCUT2D eigenvalue weighted by atomic mass is 10.0. The molecule has 128 valence electrons. The van der Waals surface area contributed by atoms with E-state index in [9.17, 15) is 4.79 Å². The fraction of sp³-hybridized carbons (Fsp3) is 0.500. The molecule has 3 N–H and O–H groups in total. The van der Waals surface area contributed by atoms with Crippen LogP contribution in [0.25, 0.3) is 0 Å². The standard InChI is InChI=1S/C18H25N5O/c1-2-3-6-15(13-5-4-9-20-12-13)21-18-22-16-8-11-19-10-7-14(16)17(24)23-18/h4-5,9,12,15,19H,2-3,6-8,10-11H2,1H3,(H2,21,22,23,24). The van der Waals surface area contributed by atoms with Crippen LogP contribution in [-0.2, 0) is 12.8 Å². The third kappa shape index (κ3) is 4.00. The molecule has 6 heteroatoms. The molecule has 1 aliphatic heterocycles. The number of anilines is 1. The number of aromatic nitrogens is 3. The molecule has 0 aliphatic carbocycles. The summed E-state index contributed by atoms with van der Waals surface area (Å²) in [5.74, 6) is 0.561. The van der Waals surface area contributed by atoms with E-state index in [4.69, 9.17) is 0 Å². The number of aromatic amines is 1. The highest BCUT2D eigenvalue weighted by Crippen LogP contribution is 2.22. The van der Waals surface area contributed by atoms with E-state index in [-0.39, 0.29) is 11.6 Å². The zero-order chi connectivity index (χ0) is 16.8. The molecule has 2 aromatic rings. The fourth-order valence-corrected chi connectivity index (χ4v) is 3.10. The van der Waals surface area contributed by atoms with E-state index < -0.39 is 0 Å². The summed E-state index contributed by atoms with van der Waals surface area (Å²) in [5, 5.41) is 6.73. The Morgan fingerprint density at radius 2 is 2.21 bits per heavy atom. The minimum Gasteiger partial charge on any atom is -0.349 e. The number of nitrogens with one attached hydrogen (secondary N) is 3. The number of hydrogen-bond donors (Lipinski definition) is 3. The van der Waals surface area contributed by atoms with Crippen molar-refractivity contribution in [1.29, 1.82) is 0 Å². The van der Waals surface area contributed by atoms with Gasteiger partial charge in [-0.1, -0.05) is 25.8 Å². The van der Waals surface area contributed by atoms with Crippen LogP contribution < -0.4 is 16.2 Å². The summed E-state index contributed by atoms with van der Waals surface area (Å²) in [7, 11) is 0. The van der Waals surface area contributed by atoms with Gasteiger partial charge < -0.3 is 10.6 Å². The summed E-state index contributed by atoms with van der Waals surface area (Å²) in [5.41, 5.74) is 2.82. The molecule has 0 saturated carbocycles. The van der Waals surface area contributed by atoms with Gasteiger partial charge in [-0.25, -0.2) is 4.98 Å². The molecule has 0 fully saturated rings. The Hall–Kier alpha value is -2.21. The zero-order valence-corrected chi connectivity index (χ0v) is 14.1. The molecule has 3 rings (SSSR count). The molecular weight excluding hydrogens is 302 g/mol. The van der Waals surface area contributed by atoms with E-state index in [1.54, 1.807) is 6.20 Å². The molecule has 1 aliphatic rings. The number of H-pyrrole nitrogens is 1. The number of rotatable bonds is 6. The highest BCUT2D eigenvalue weighted by Gasteiger charge is 2.17. The number of hydrogen-bond acceptors (Lipinski definition) is 5. The average Bonchev–Trinajstić information content (AvgIpc) is 2.85. The molecule has 1 unspecified atom stereocenters. The lowest BCUT2D eigenvalue weighted by Gasteiger charge is -2.19. The normalized spacial score (nSPS) is 15.4. The summed E-state index contributed by atoms with van der Waals surface area (Å²) in [6, 6.07) is 4.10. The molecule has 0 bridgehead atoms. The maximum absolute atomic E-state index is 12.4. The van der Waals surface area contributed by atoms with Crippen molar-refractivity contribution in [3.63, 3.8) is 0 Å². The maximum atomic E-state index is 12.4. The first-order chi connectivity index (χ1) is 11.8. The van der Waals surface area contributed by atoms with Gasteiger partial charge >= 0.3 is 0 Å². The van der Waals surface area contributed by atoms with Crippen LogP contribution in [0.3, 0.4) is 0 Å². The van der Waals surface area contributed by atoms with Gasteiger partial charge in [0.2, 0.25) is 5.95 Å². The van der Waals surface area contributed by atoms with Gasteiger partial charge in [-0.05, 0) is 31.0 Å². The van der Waals surface area contributed by atoms with Crippen LogP contribution in [0.2, 0.25) is 0 Å². The minimum atomic E-state index is -0.0216. The van der Waals surface area contributed by atoms with Crippen LogP contribution in [0.15, 0.2) is 29.3 Å². The van der Waals surface area contributed by atoms with Gasteiger partial charge in [-0.2, -0.15) is 0 Å². The predicted molar refractivity (Wildman–Crippen MR) is 95.3 cm³/mol. The van der Waals surface area contributed by atoms with Crippen molar-refractivity contribution < 1.29 is 0 Å². The smallest absolute Gasteiger partial charge is 0.255 e. The van der Waals surface area contributed by atoms with Crippen LogP contribution in [0.5, 0.6) is 0 Å². The first-order valence-electron chi connectivity index (χ1n) is 8.77. The second-order valence-corrected chi connectivity index (χ2v) is 6.22. The van der Waals surface area contributed by atoms with Crippen molar-refractivity contribution in [3.8, 4) is 0 Å². The van der Waals surface area contributed by atoms with Crippen LogP contribution in [0.4, 0.5) is 5.95 Å². The second-order valence-electron chi connectivity index (χ2n) is 6.22. The monoisotopic (exact) mass is 327 g/mol. The van der Waals surface area contributed by atoms with Crippen molar-refractivity contribution >= 4 is 5.95 Å². The first-order valence-corrected chi connectivity index (χ1v) is 8.77. The van der Waals surface area contributed by atoms with Gasteiger partial charge in [-0.15, -0.1) is 0 Å². The molecule has 6 nitrogen and oxygen atoms in total. The molecule has 0 saturated heterocycles. The maximum Gasteiger partial charge on any atom is 0.255 e. The number of pyridine rings is 1. The Kier molecular flexibility index (Phi) is 5.59. The molecule has 0 spiro atoms. The Morgan fingerprint density at radius 3 is 3.00 bits per heavy atom. The number of nitrogens with zero attached hydrogens (tertiary/aromatic N) is 2. The van der Waals surface area contributed by atoms with Gasteiger partial charge in [0.1, 0.15) is 0 Å². The summed E-state index contributed by atoms with van der Waals surface area (Å²) in [6.45, 7) is 3.87. The topological polar surface area (TPSA) is 82.7 Å². The predicted octanol–water partition coefficient (Wildman–Crippen LogP) is 2.20. The zero-order valence-electron chi connectivity index (χ0n) is 14.1. The van der Waals surface area contributed by atoms with Crippen LogP contribution >= 0.6 is 0 Å². The van der Waals surface area contributed by atoms with Gasteiger partial charge in [0.05, 0.1) is 11.7 Å². The van der Waals surface area contributed by atoms with Crippen LogP contribution in [0.1, 0.15) is 49.0 Å². The Labute approximate surface area is 142 Å². The lowest BCUT2D eigenvalue weighted by molar-refractivity contribution is 0.627. The van der Waals surface area contributed by atoms with Crippen molar-refractivity contribution in [2.24, 2.45) is 0 Å². The lowest BCUT2D eigenvalue weighted by Crippen LogP contribution is -2.22. The molecule has 0 aromatic carbocycles. The largest absolute Gasteiger partial charge is 0.349 e. The summed E-state index contributed by atoms with van der Waals surface area (Å²) in [6.07, 6.45) is 8.38. The quantitative estimate of drug-likeness (QED) is 0.757. The highest BCUT2D eigenvalue weighted by molar-refractivity contribution is 5.34. The van der Waals surface area contributed by atoms with Gasteiger partial charge in [-0.3, -0.25) is 14.8 Å². The SMILES string of the molecule is CCCCC(Nc1nc2c(c(=O)[nH]1)CCNCC2)c1cccnc1. The second kappa shape index (κ2) is 8.06. The van der Waals surface area contributed by atoms with Crippen molar-refractivity contribution in [2.45, 2.75) is 45.1 Å². The Morgan fingerprint density at radius 1 is 1.33 bits per heavy atom. The molecule has 1 atom stereocenters. The van der Waals surface area contributed by atoms with Crippen LogP contribution in [-0.4, -0.2) is 28.0 Å². The van der Waals surface area contributed by atoms with Crippen molar-refractivity contribution in [1.82, 2.24) is 20.3 Å². The van der Waals surface area contributed by atoms with Gasteiger partial charge in [0.25, 0.3) is 5.56 Å². The summed E-state index contributed by atoms with van der Waals surface area (Å²) >= 11 is 0. The summed E-state index contributed by atoms with van der Waals surface area (Å²) in [4.78, 5) is 24.2. The number of fused-ring (bicyclic) bond motifs is 1. The molecule has 2 aromatic heterocycles. The average molecular weight is 327 g/mol. The minimum absolute atomic E-state index is 0.0216. The molecule has 3 heterocycles. The molecular formula is C18H25N5O. The van der Waals surface area contributed by atoms with Crippen molar-refractivity contribution in [2.75, 3.05) is 18.4 Å². The van der Waals surface area contributed by atoms with E-state index in [1.165, 1.54) is 0 Å². The van der Waals surface area contributed by atoms with E-state index in [2.05, 4.69) is 38.6 Å². The Balaban J connectivity index is 1.85. The van der Waals surface area contributed by atoms with Gasteiger partial charge in [0.15, 0.2) is 0 Å². The molecule has 24 heavy (non-hydrogen) atoms. The Bertz CT molecular complexity index is 713. The number of unbranched alkanes of at least 4 members (excludes halogenated alkanes) is 1. The van der Waals surface area contributed by atoms with E-state index in [0.717, 1.165) is 62.0 Å². The van der Waals surface area contributed by atoms with E-state index in [0.29, 0.717) is 5.95 Å². The molecule has 0 amide bonds. The van der Waals surface area contributed by atoms with E-state index >= 15 is 0 Å². The fourth-order valence-electron chi connectivity index (χ4n) is 3.10. The van der Waals surface area contributed by atoms with Gasteiger partial charge in [0, 0.05) is 30.9 Å². The summed E-state index contributed by atoms with van der Waals surface area (Å²) < 4.78 is 0. The molecule has 0 radical (unpaired) electrons. The van der Waals surface area contributed by atoms with E-state index in [1.807, 2.05) is 12.3 Å². The van der Waals surface area contributed by atoms with Crippen LogP contribution in [0, 0.1) is 0 Å².